The molecule has 6 heteroatoms. The highest BCUT2D eigenvalue weighted by Gasteiger charge is 2.28. The van der Waals surface area contributed by atoms with Crippen LogP contribution in [-0.4, -0.2) is 25.7 Å². The fourth-order valence-corrected chi connectivity index (χ4v) is 2.66. The van der Waals surface area contributed by atoms with Crippen LogP contribution in [0.15, 0.2) is 36.4 Å². The van der Waals surface area contributed by atoms with E-state index >= 15 is 0 Å². The Hall–Kier alpha value is -2.40. The van der Waals surface area contributed by atoms with E-state index in [1.54, 1.807) is 22.7 Å². The third-order valence-electron chi connectivity index (χ3n) is 3.81. The summed E-state index contributed by atoms with van der Waals surface area (Å²) < 4.78 is 1.76. The van der Waals surface area contributed by atoms with Gasteiger partial charge in [0.05, 0.1) is 5.69 Å². The smallest absolute Gasteiger partial charge is 0.354 e. The zero-order valence-electron chi connectivity index (χ0n) is 11.5. The number of carboxylic acid groups (broad SMARTS) is 1. The number of hydrogen-bond donors (Lipinski definition) is 1. The van der Waals surface area contributed by atoms with Crippen molar-refractivity contribution in [2.24, 2.45) is 0 Å². The molecule has 0 spiro atoms. The lowest BCUT2D eigenvalue weighted by molar-refractivity contribution is 0.0690. The summed E-state index contributed by atoms with van der Waals surface area (Å²) in [6.07, 6.45) is 2.13. The summed E-state index contributed by atoms with van der Waals surface area (Å²) in [6, 6.07) is 10.8. The van der Waals surface area contributed by atoms with Gasteiger partial charge in [-0.2, -0.15) is 5.10 Å². The molecule has 2 aromatic heterocycles. The molecule has 0 unspecified atom stereocenters. The number of carbonyl (C=O) groups is 1. The van der Waals surface area contributed by atoms with Crippen molar-refractivity contribution in [2.45, 2.75) is 18.8 Å². The first kappa shape index (κ1) is 13.3. The zero-order chi connectivity index (χ0) is 15.3. The van der Waals surface area contributed by atoms with Gasteiger partial charge in [0, 0.05) is 28.3 Å². The van der Waals surface area contributed by atoms with Crippen molar-refractivity contribution in [3.63, 3.8) is 0 Å². The molecule has 1 N–H and O–H groups in total. The Balaban J connectivity index is 1.90. The molecule has 0 radical (unpaired) electrons. The van der Waals surface area contributed by atoms with E-state index in [0.29, 0.717) is 16.6 Å². The molecule has 110 valence electrons. The van der Waals surface area contributed by atoms with Gasteiger partial charge in [-0.1, -0.05) is 23.7 Å². The van der Waals surface area contributed by atoms with Gasteiger partial charge in [-0.15, -0.1) is 0 Å². The maximum absolute atomic E-state index is 11.2. The van der Waals surface area contributed by atoms with Gasteiger partial charge in [-0.25, -0.2) is 14.3 Å². The van der Waals surface area contributed by atoms with E-state index in [0.717, 1.165) is 29.8 Å². The maximum Gasteiger partial charge on any atom is 0.354 e. The zero-order valence-corrected chi connectivity index (χ0v) is 12.3. The molecule has 1 aromatic carbocycles. The summed E-state index contributed by atoms with van der Waals surface area (Å²) in [5.74, 6) is -0.639. The summed E-state index contributed by atoms with van der Waals surface area (Å²) in [7, 11) is 0. The number of rotatable bonds is 3. The summed E-state index contributed by atoms with van der Waals surface area (Å²) in [4.78, 5) is 15.4. The summed E-state index contributed by atoms with van der Waals surface area (Å²) >= 11 is 5.91. The highest BCUT2D eigenvalue weighted by Crippen LogP contribution is 2.40. The molecule has 1 saturated carbocycles. The Kier molecular flexibility index (Phi) is 2.90. The normalized spacial score (nSPS) is 14.4. The van der Waals surface area contributed by atoms with Crippen molar-refractivity contribution in [1.29, 1.82) is 0 Å². The molecule has 1 aliphatic rings. The van der Waals surface area contributed by atoms with Gasteiger partial charge in [0.2, 0.25) is 0 Å². The highest BCUT2D eigenvalue weighted by atomic mass is 35.5. The highest BCUT2D eigenvalue weighted by molar-refractivity contribution is 6.30. The second-order valence-electron chi connectivity index (χ2n) is 5.45. The fourth-order valence-electron chi connectivity index (χ4n) is 2.54. The predicted octanol–water partition coefficient (Wildman–Crippen LogP) is 3.63. The minimum absolute atomic E-state index is 0.0666. The van der Waals surface area contributed by atoms with Gasteiger partial charge < -0.3 is 5.11 Å². The van der Waals surface area contributed by atoms with Gasteiger partial charge in [-0.3, -0.25) is 0 Å². The third-order valence-corrected chi connectivity index (χ3v) is 4.06. The summed E-state index contributed by atoms with van der Waals surface area (Å²) in [6.45, 7) is 0. The number of fused-ring (bicyclic) bond motifs is 1. The number of carboxylic acids is 1. The SMILES string of the molecule is O=C(O)c1cc(C2CC2)n2nc(-c3ccc(Cl)cc3)cc2n1. The number of aromatic nitrogens is 3. The van der Waals surface area contributed by atoms with Crippen LogP contribution >= 0.6 is 11.6 Å². The van der Waals surface area contributed by atoms with Crippen LogP contribution in [0.25, 0.3) is 16.9 Å². The molecule has 22 heavy (non-hydrogen) atoms. The molecule has 0 aliphatic heterocycles. The Bertz CT molecular complexity index is 882. The molecule has 0 amide bonds. The van der Waals surface area contributed by atoms with E-state index in [9.17, 15) is 9.90 Å². The van der Waals surface area contributed by atoms with Crippen molar-refractivity contribution in [1.82, 2.24) is 14.6 Å². The van der Waals surface area contributed by atoms with Crippen molar-refractivity contribution in [2.75, 3.05) is 0 Å². The number of hydrogen-bond acceptors (Lipinski definition) is 3. The van der Waals surface area contributed by atoms with Crippen molar-refractivity contribution in [3.05, 3.63) is 52.8 Å². The molecule has 2 heterocycles. The third kappa shape index (κ3) is 2.23. The predicted molar refractivity (Wildman–Crippen MR) is 82.4 cm³/mol. The average Bonchev–Trinajstić information content (AvgIpc) is 3.25. The summed E-state index contributed by atoms with van der Waals surface area (Å²) in [5.41, 5.74) is 3.23. The molecule has 0 atom stereocenters. The first-order chi connectivity index (χ1) is 10.6. The Morgan fingerprint density at radius 2 is 1.95 bits per heavy atom. The van der Waals surface area contributed by atoms with E-state index in [1.807, 2.05) is 18.2 Å². The van der Waals surface area contributed by atoms with E-state index in [-0.39, 0.29) is 5.69 Å². The number of nitrogens with zero attached hydrogens (tertiary/aromatic N) is 3. The minimum Gasteiger partial charge on any atom is -0.477 e. The molecular formula is C16H12ClN3O2. The van der Waals surface area contributed by atoms with Crippen LogP contribution in [0.3, 0.4) is 0 Å². The van der Waals surface area contributed by atoms with Crippen LogP contribution in [-0.2, 0) is 0 Å². The van der Waals surface area contributed by atoms with Crippen LogP contribution in [0.5, 0.6) is 0 Å². The molecule has 0 saturated heterocycles. The van der Waals surface area contributed by atoms with Crippen molar-refractivity contribution >= 4 is 23.2 Å². The molecule has 0 bridgehead atoms. The van der Waals surface area contributed by atoms with E-state index < -0.39 is 5.97 Å². The summed E-state index contributed by atoms with van der Waals surface area (Å²) in [5, 5.41) is 14.5. The Morgan fingerprint density at radius 3 is 2.59 bits per heavy atom. The Labute approximate surface area is 131 Å². The van der Waals surface area contributed by atoms with Gasteiger partial charge >= 0.3 is 5.97 Å². The quantitative estimate of drug-likeness (QED) is 0.802. The monoisotopic (exact) mass is 313 g/mol. The first-order valence-corrected chi connectivity index (χ1v) is 7.39. The largest absolute Gasteiger partial charge is 0.477 e. The van der Waals surface area contributed by atoms with Gasteiger partial charge in [0.1, 0.15) is 0 Å². The lowest BCUT2D eigenvalue weighted by Crippen LogP contribution is -2.06. The van der Waals surface area contributed by atoms with E-state index in [1.165, 1.54) is 0 Å². The molecular weight excluding hydrogens is 302 g/mol. The van der Waals surface area contributed by atoms with E-state index in [2.05, 4.69) is 10.1 Å². The van der Waals surface area contributed by atoms with Crippen LogP contribution in [0.4, 0.5) is 0 Å². The molecule has 1 fully saturated rings. The molecule has 3 aromatic rings. The minimum atomic E-state index is -1.02. The van der Waals surface area contributed by atoms with Crippen LogP contribution in [0.2, 0.25) is 5.02 Å². The Morgan fingerprint density at radius 1 is 1.23 bits per heavy atom. The standard InChI is InChI=1S/C16H12ClN3O2/c17-11-5-3-9(4-6-11)12-8-15-18-13(16(21)22)7-14(10-1-2-10)20(15)19-12/h3-8,10H,1-2H2,(H,21,22). The van der Waals surface area contributed by atoms with Crippen molar-refractivity contribution < 1.29 is 9.90 Å². The van der Waals surface area contributed by atoms with E-state index in [4.69, 9.17) is 11.6 Å². The lowest BCUT2D eigenvalue weighted by Gasteiger charge is -2.04. The first-order valence-electron chi connectivity index (χ1n) is 7.02. The van der Waals surface area contributed by atoms with Gasteiger partial charge in [0.25, 0.3) is 0 Å². The van der Waals surface area contributed by atoms with Gasteiger partial charge in [-0.05, 0) is 31.0 Å². The number of benzene rings is 1. The van der Waals surface area contributed by atoms with Crippen molar-refractivity contribution in [3.8, 4) is 11.3 Å². The second-order valence-corrected chi connectivity index (χ2v) is 5.89. The maximum atomic E-state index is 11.2. The molecule has 5 nitrogen and oxygen atoms in total. The average molecular weight is 314 g/mol. The molecule has 1 aliphatic carbocycles. The topological polar surface area (TPSA) is 67.5 Å². The number of aromatic carboxylic acids is 1. The molecule has 4 rings (SSSR count). The van der Waals surface area contributed by atoms with Crippen LogP contribution < -0.4 is 0 Å². The lowest BCUT2D eigenvalue weighted by atomic mass is 10.1. The van der Waals surface area contributed by atoms with Crippen LogP contribution in [0, 0.1) is 0 Å². The van der Waals surface area contributed by atoms with Gasteiger partial charge in [0.15, 0.2) is 11.3 Å². The van der Waals surface area contributed by atoms with Crippen LogP contribution in [0.1, 0.15) is 34.9 Å². The fraction of sp³-hybridized carbons (Fsp3) is 0.188. The number of halogens is 1. The second kappa shape index (κ2) is 4.81.